The molecule has 176 valence electrons. The first-order valence-electron chi connectivity index (χ1n) is 11.0. The van der Waals surface area contributed by atoms with Gasteiger partial charge in [0.05, 0.1) is 22.5 Å². The van der Waals surface area contributed by atoms with Crippen molar-refractivity contribution in [2.45, 2.75) is 45.7 Å². The maximum absolute atomic E-state index is 14.7. The summed E-state index contributed by atoms with van der Waals surface area (Å²) < 4.78 is 42.7. The fourth-order valence-corrected chi connectivity index (χ4v) is 4.42. The van der Waals surface area contributed by atoms with E-state index in [0.717, 1.165) is 25.5 Å². The van der Waals surface area contributed by atoms with Crippen LogP contribution in [0, 0.1) is 18.2 Å². The number of hydrogen-bond acceptors (Lipinski definition) is 5. The van der Waals surface area contributed by atoms with Gasteiger partial charge in [0.2, 0.25) is 0 Å². The third-order valence-electron chi connectivity index (χ3n) is 6.14. The van der Waals surface area contributed by atoms with E-state index in [4.69, 9.17) is 0 Å². The average Bonchev–Trinajstić information content (AvgIpc) is 3.47. The predicted octanol–water partition coefficient (Wildman–Crippen LogP) is 4.69. The Morgan fingerprint density at radius 2 is 1.91 bits per heavy atom. The van der Waals surface area contributed by atoms with Crippen molar-refractivity contribution in [3.05, 3.63) is 63.6 Å². The lowest BCUT2D eigenvalue weighted by molar-refractivity contribution is 0.146. The van der Waals surface area contributed by atoms with Gasteiger partial charge in [-0.1, -0.05) is 18.2 Å². The lowest BCUT2D eigenvalue weighted by atomic mass is 10.0. The maximum atomic E-state index is 14.7. The van der Waals surface area contributed by atoms with Crippen LogP contribution in [0.3, 0.4) is 0 Å². The lowest BCUT2D eigenvalue weighted by Crippen LogP contribution is -2.30. The zero-order valence-electron chi connectivity index (χ0n) is 19.2. The molecule has 1 aliphatic rings. The number of benzene rings is 1. The molecule has 6 nitrogen and oxygen atoms in total. The second kappa shape index (κ2) is 8.78. The van der Waals surface area contributed by atoms with E-state index in [9.17, 15) is 18.0 Å². The van der Waals surface area contributed by atoms with Gasteiger partial charge in [-0.25, -0.2) is 23.1 Å². The molecule has 0 spiro atoms. The number of rotatable bonds is 8. The molecule has 0 amide bonds. The van der Waals surface area contributed by atoms with Crippen LogP contribution in [0.15, 0.2) is 35.3 Å². The second-order valence-electron chi connectivity index (χ2n) is 9.31. The smallest absolute Gasteiger partial charge is 0.266 e. The topological polar surface area (TPSA) is 63.1 Å². The zero-order chi connectivity index (χ0) is 23.9. The van der Waals surface area contributed by atoms with Gasteiger partial charge in [0.1, 0.15) is 17.5 Å². The standard InChI is InChI=1S/C24H28F3N5O/c1-14(16-6-5-7-17(21(16)25)22(26)27)28-23-18-11-32(13-24(8-9-24)12-31(3)4)20(33)10-19(18)29-15(2)30-23/h5-7,10-11,14,22H,8-9,12-13H2,1-4H3,(H,28,29,30)/t14-/m1/s1. The third kappa shape index (κ3) is 4.88. The van der Waals surface area contributed by atoms with E-state index in [1.54, 1.807) is 24.6 Å². The van der Waals surface area contributed by atoms with E-state index >= 15 is 0 Å². The summed E-state index contributed by atoms with van der Waals surface area (Å²) in [5, 5.41) is 3.77. The number of pyridine rings is 1. The van der Waals surface area contributed by atoms with Gasteiger partial charge in [-0.15, -0.1) is 0 Å². The van der Waals surface area contributed by atoms with Gasteiger partial charge in [0, 0.05) is 36.3 Å². The van der Waals surface area contributed by atoms with E-state index in [1.165, 1.54) is 18.2 Å². The van der Waals surface area contributed by atoms with Gasteiger partial charge in [-0.2, -0.15) is 0 Å². The van der Waals surface area contributed by atoms with Crippen LogP contribution in [0.4, 0.5) is 19.0 Å². The van der Waals surface area contributed by atoms with Crippen LogP contribution >= 0.6 is 0 Å². The van der Waals surface area contributed by atoms with Crippen molar-refractivity contribution in [3.8, 4) is 0 Å². The van der Waals surface area contributed by atoms with E-state index < -0.39 is 23.8 Å². The first kappa shape index (κ1) is 23.2. The van der Waals surface area contributed by atoms with Crippen molar-refractivity contribution in [2.24, 2.45) is 5.41 Å². The minimum Gasteiger partial charge on any atom is -0.363 e. The van der Waals surface area contributed by atoms with Crippen molar-refractivity contribution in [3.63, 3.8) is 0 Å². The SMILES string of the molecule is Cc1nc(N[C@H](C)c2cccc(C(F)F)c2F)c2cn(CC3(CN(C)C)CC3)c(=O)cc2n1. The number of nitrogens with one attached hydrogen (secondary N) is 1. The Hall–Kier alpha value is -2.94. The number of fused-ring (bicyclic) bond motifs is 1. The summed E-state index contributed by atoms with van der Waals surface area (Å²) in [4.78, 5) is 23.8. The molecule has 1 aliphatic carbocycles. The molecule has 33 heavy (non-hydrogen) atoms. The highest BCUT2D eigenvalue weighted by molar-refractivity contribution is 5.88. The van der Waals surface area contributed by atoms with Gasteiger partial charge in [-0.05, 0) is 40.8 Å². The Kier molecular flexibility index (Phi) is 6.18. The first-order valence-corrected chi connectivity index (χ1v) is 11.0. The van der Waals surface area contributed by atoms with Crippen LogP contribution < -0.4 is 10.9 Å². The number of aromatic nitrogens is 3. The highest BCUT2D eigenvalue weighted by atomic mass is 19.3. The lowest BCUT2D eigenvalue weighted by Gasteiger charge is -2.22. The Balaban J connectivity index is 1.70. The summed E-state index contributed by atoms with van der Waals surface area (Å²) in [6.07, 6.45) is 0.961. The normalized spacial score (nSPS) is 15.9. The van der Waals surface area contributed by atoms with E-state index in [-0.39, 0.29) is 16.5 Å². The molecule has 1 saturated carbocycles. The molecule has 1 fully saturated rings. The molecule has 9 heteroatoms. The van der Waals surface area contributed by atoms with Gasteiger partial charge >= 0.3 is 0 Å². The molecular formula is C24H28F3N5O. The Morgan fingerprint density at radius 3 is 2.55 bits per heavy atom. The Morgan fingerprint density at radius 1 is 1.21 bits per heavy atom. The number of nitrogens with zero attached hydrogens (tertiary/aromatic N) is 4. The molecule has 0 aliphatic heterocycles. The van der Waals surface area contributed by atoms with E-state index in [0.29, 0.717) is 29.1 Å². The molecule has 0 radical (unpaired) electrons. The Labute approximate surface area is 190 Å². The molecular weight excluding hydrogens is 431 g/mol. The summed E-state index contributed by atoms with van der Waals surface area (Å²) in [6.45, 7) is 4.87. The molecule has 0 unspecified atom stereocenters. The molecule has 0 saturated heterocycles. The minimum atomic E-state index is -2.90. The maximum Gasteiger partial charge on any atom is 0.266 e. The number of halogens is 3. The molecule has 4 rings (SSSR count). The van der Waals surface area contributed by atoms with E-state index in [2.05, 4.69) is 20.2 Å². The monoisotopic (exact) mass is 459 g/mol. The predicted molar refractivity (Wildman–Crippen MR) is 122 cm³/mol. The average molecular weight is 460 g/mol. The zero-order valence-corrected chi connectivity index (χ0v) is 19.2. The number of hydrogen-bond donors (Lipinski definition) is 1. The van der Waals surface area contributed by atoms with Crippen LogP contribution in [-0.4, -0.2) is 40.1 Å². The highest BCUT2D eigenvalue weighted by Gasteiger charge is 2.43. The van der Waals surface area contributed by atoms with Crippen molar-refractivity contribution >= 4 is 16.7 Å². The summed E-state index contributed by atoms with van der Waals surface area (Å²) in [5.41, 5.74) is -0.0902. The molecule has 0 bridgehead atoms. The van der Waals surface area contributed by atoms with Crippen molar-refractivity contribution in [1.82, 2.24) is 19.4 Å². The second-order valence-corrected chi connectivity index (χ2v) is 9.31. The first-order chi connectivity index (χ1) is 15.6. The number of anilines is 1. The largest absolute Gasteiger partial charge is 0.363 e. The van der Waals surface area contributed by atoms with Crippen molar-refractivity contribution in [1.29, 1.82) is 0 Å². The number of alkyl halides is 2. The fourth-order valence-electron chi connectivity index (χ4n) is 4.42. The summed E-state index contributed by atoms with van der Waals surface area (Å²) >= 11 is 0. The third-order valence-corrected chi connectivity index (χ3v) is 6.14. The van der Waals surface area contributed by atoms with Gasteiger partial charge in [-0.3, -0.25) is 4.79 Å². The summed E-state index contributed by atoms with van der Waals surface area (Å²) in [7, 11) is 4.04. The quantitative estimate of drug-likeness (QED) is 0.530. The molecule has 2 heterocycles. The fraction of sp³-hybridized carbons (Fsp3) is 0.458. The molecule has 1 aromatic carbocycles. The van der Waals surface area contributed by atoms with Crippen molar-refractivity contribution in [2.75, 3.05) is 26.0 Å². The van der Waals surface area contributed by atoms with E-state index in [1.807, 2.05) is 14.1 Å². The van der Waals surface area contributed by atoms with Crippen molar-refractivity contribution < 1.29 is 13.2 Å². The van der Waals surface area contributed by atoms with Crippen LogP contribution in [0.1, 0.15) is 49.2 Å². The summed E-state index contributed by atoms with van der Waals surface area (Å²) in [5.74, 6) is -0.0562. The molecule has 1 N–H and O–H groups in total. The Bertz CT molecular complexity index is 1240. The van der Waals surface area contributed by atoms with Crippen LogP contribution in [0.25, 0.3) is 10.9 Å². The van der Waals surface area contributed by atoms with Crippen LogP contribution in [0.2, 0.25) is 0 Å². The van der Waals surface area contributed by atoms with Crippen LogP contribution in [-0.2, 0) is 6.54 Å². The van der Waals surface area contributed by atoms with Gasteiger partial charge in [0.15, 0.2) is 0 Å². The molecule has 3 aromatic rings. The van der Waals surface area contributed by atoms with Gasteiger partial charge < -0.3 is 14.8 Å². The molecule has 2 aromatic heterocycles. The molecule has 1 atom stereocenters. The van der Waals surface area contributed by atoms with Crippen LogP contribution in [0.5, 0.6) is 0 Å². The van der Waals surface area contributed by atoms with Gasteiger partial charge in [0.25, 0.3) is 12.0 Å². The highest BCUT2D eigenvalue weighted by Crippen LogP contribution is 2.47. The number of aryl methyl sites for hydroxylation is 1. The summed E-state index contributed by atoms with van der Waals surface area (Å²) in [6, 6.07) is 4.83. The minimum absolute atomic E-state index is 0.0757.